The number of H-pyrrole nitrogens is 1. The Morgan fingerprint density at radius 2 is 2.15 bits per heavy atom. The van der Waals surface area contributed by atoms with Gasteiger partial charge >= 0.3 is 0 Å². The van der Waals surface area contributed by atoms with Crippen molar-refractivity contribution in [3.8, 4) is 11.3 Å². The number of nitrogens with zero attached hydrogens (tertiary/aromatic N) is 4. The summed E-state index contributed by atoms with van der Waals surface area (Å²) in [6.45, 7) is 4.65. The van der Waals surface area contributed by atoms with Gasteiger partial charge in [-0.05, 0) is 19.1 Å². The van der Waals surface area contributed by atoms with E-state index >= 15 is 0 Å². The SMILES string of the molecule is CCN(Cc1nc2c(N)nc3cc(-c4ccn[nH]4)ccc3c2s1)C(C)=O. The number of rotatable bonds is 4. The van der Waals surface area contributed by atoms with E-state index in [-0.39, 0.29) is 5.91 Å². The summed E-state index contributed by atoms with van der Waals surface area (Å²) >= 11 is 1.56. The number of pyridine rings is 1. The Hall–Kier alpha value is -3.00. The number of hydrogen-bond donors (Lipinski definition) is 2. The van der Waals surface area contributed by atoms with Crippen LogP contribution in [-0.2, 0) is 11.3 Å². The van der Waals surface area contributed by atoms with Crippen LogP contribution >= 0.6 is 11.3 Å². The molecule has 26 heavy (non-hydrogen) atoms. The van der Waals surface area contributed by atoms with E-state index in [1.807, 2.05) is 31.2 Å². The van der Waals surface area contributed by atoms with E-state index in [0.717, 1.165) is 31.9 Å². The molecule has 4 rings (SSSR count). The molecule has 8 heteroatoms. The lowest BCUT2D eigenvalue weighted by Gasteiger charge is -2.16. The fourth-order valence-corrected chi connectivity index (χ4v) is 4.10. The Kier molecular flexibility index (Phi) is 4.04. The molecule has 0 bridgehead atoms. The van der Waals surface area contributed by atoms with Gasteiger partial charge in [0, 0.05) is 30.6 Å². The molecule has 0 aliphatic carbocycles. The molecule has 3 aromatic heterocycles. The monoisotopic (exact) mass is 366 g/mol. The number of aromatic nitrogens is 4. The molecule has 132 valence electrons. The number of hydrogen-bond acceptors (Lipinski definition) is 6. The van der Waals surface area contributed by atoms with E-state index in [2.05, 4.69) is 20.2 Å². The van der Waals surface area contributed by atoms with Gasteiger partial charge in [-0.1, -0.05) is 12.1 Å². The highest BCUT2D eigenvalue weighted by Crippen LogP contribution is 2.34. The number of carbonyl (C=O) groups is 1. The maximum atomic E-state index is 11.7. The molecule has 4 aromatic rings. The van der Waals surface area contributed by atoms with Crippen molar-refractivity contribution >= 4 is 44.2 Å². The lowest BCUT2D eigenvalue weighted by molar-refractivity contribution is -0.129. The van der Waals surface area contributed by atoms with Gasteiger partial charge in [0.1, 0.15) is 10.5 Å². The highest BCUT2D eigenvalue weighted by Gasteiger charge is 2.16. The Morgan fingerprint density at radius 3 is 2.85 bits per heavy atom. The molecule has 1 amide bonds. The van der Waals surface area contributed by atoms with Crippen molar-refractivity contribution in [2.75, 3.05) is 12.3 Å². The van der Waals surface area contributed by atoms with Crippen molar-refractivity contribution in [1.29, 1.82) is 0 Å². The largest absolute Gasteiger partial charge is 0.382 e. The van der Waals surface area contributed by atoms with E-state index in [0.29, 0.717) is 24.4 Å². The lowest BCUT2D eigenvalue weighted by atomic mass is 10.1. The summed E-state index contributed by atoms with van der Waals surface area (Å²) in [5, 5.41) is 8.81. The van der Waals surface area contributed by atoms with Crippen molar-refractivity contribution in [2.24, 2.45) is 0 Å². The summed E-state index contributed by atoms with van der Waals surface area (Å²) in [6, 6.07) is 7.96. The second kappa shape index (κ2) is 6.38. The molecule has 7 nitrogen and oxygen atoms in total. The van der Waals surface area contributed by atoms with E-state index in [1.54, 1.807) is 29.4 Å². The van der Waals surface area contributed by atoms with Crippen molar-refractivity contribution in [3.63, 3.8) is 0 Å². The van der Waals surface area contributed by atoms with Crippen LogP contribution in [0.1, 0.15) is 18.9 Å². The van der Waals surface area contributed by atoms with Gasteiger partial charge in [-0.25, -0.2) is 9.97 Å². The second-order valence-corrected chi connectivity index (χ2v) is 7.10. The molecular formula is C18H18N6OS. The zero-order chi connectivity index (χ0) is 18.3. The topological polar surface area (TPSA) is 101 Å². The number of benzene rings is 1. The fraction of sp³-hybridized carbons (Fsp3) is 0.222. The molecule has 0 atom stereocenters. The molecule has 3 N–H and O–H groups in total. The molecular weight excluding hydrogens is 348 g/mol. The average Bonchev–Trinajstić information content (AvgIpc) is 3.29. The Bertz CT molecular complexity index is 1100. The van der Waals surface area contributed by atoms with Crippen molar-refractivity contribution < 1.29 is 4.79 Å². The number of amides is 1. The first-order valence-corrected chi connectivity index (χ1v) is 9.12. The van der Waals surface area contributed by atoms with Crippen LogP contribution in [0.15, 0.2) is 30.5 Å². The van der Waals surface area contributed by atoms with Crippen LogP contribution in [0.5, 0.6) is 0 Å². The van der Waals surface area contributed by atoms with Crippen molar-refractivity contribution in [2.45, 2.75) is 20.4 Å². The van der Waals surface area contributed by atoms with Crippen LogP contribution < -0.4 is 5.73 Å². The number of carbonyl (C=O) groups excluding carboxylic acids is 1. The fourth-order valence-electron chi connectivity index (χ4n) is 2.98. The molecule has 0 saturated heterocycles. The first-order chi connectivity index (χ1) is 12.6. The summed E-state index contributed by atoms with van der Waals surface area (Å²) < 4.78 is 0.998. The van der Waals surface area contributed by atoms with E-state index < -0.39 is 0 Å². The molecule has 3 heterocycles. The van der Waals surface area contributed by atoms with E-state index in [4.69, 9.17) is 5.73 Å². The van der Waals surface area contributed by atoms with Gasteiger partial charge in [0.15, 0.2) is 5.82 Å². The summed E-state index contributed by atoms with van der Waals surface area (Å²) in [5.41, 5.74) is 9.60. The van der Waals surface area contributed by atoms with Gasteiger partial charge in [0.2, 0.25) is 5.91 Å². The maximum absolute atomic E-state index is 11.7. The first kappa shape index (κ1) is 16.5. The number of nitrogens with two attached hydrogens (primary N) is 1. The predicted octanol–water partition coefficient (Wildman–Crippen LogP) is 3.19. The smallest absolute Gasteiger partial charge is 0.219 e. The Labute approximate surface area is 153 Å². The summed E-state index contributed by atoms with van der Waals surface area (Å²) in [4.78, 5) is 22.6. The molecule has 0 radical (unpaired) electrons. The van der Waals surface area contributed by atoms with Crippen LogP contribution in [0.3, 0.4) is 0 Å². The van der Waals surface area contributed by atoms with Crippen LogP contribution in [0, 0.1) is 0 Å². The van der Waals surface area contributed by atoms with Gasteiger partial charge in [0.05, 0.1) is 22.5 Å². The average molecular weight is 366 g/mol. The molecule has 0 spiro atoms. The quantitative estimate of drug-likeness (QED) is 0.578. The minimum Gasteiger partial charge on any atom is -0.382 e. The third-order valence-corrected chi connectivity index (χ3v) is 5.44. The summed E-state index contributed by atoms with van der Waals surface area (Å²) in [7, 11) is 0. The highest BCUT2D eigenvalue weighted by atomic mass is 32.1. The number of aromatic amines is 1. The molecule has 0 aliphatic heterocycles. The van der Waals surface area contributed by atoms with Gasteiger partial charge < -0.3 is 10.6 Å². The third-order valence-electron chi connectivity index (χ3n) is 4.36. The van der Waals surface area contributed by atoms with E-state index in [9.17, 15) is 4.79 Å². The third kappa shape index (κ3) is 2.78. The molecule has 0 aliphatic rings. The standard InChI is InChI=1S/C18H18N6OS/c1-3-24(10(2)25)9-15-22-16-17(26-15)12-5-4-11(13-6-7-20-23-13)8-14(12)21-18(16)19/h4-8H,3,9H2,1-2H3,(H2,19,21)(H,20,23). The number of anilines is 1. The van der Waals surface area contributed by atoms with Gasteiger partial charge in [-0.15, -0.1) is 11.3 Å². The normalized spacial score (nSPS) is 11.3. The Balaban J connectivity index is 1.83. The molecule has 0 saturated carbocycles. The second-order valence-electron chi connectivity index (χ2n) is 6.02. The van der Waals surface area contributed by atoms with Gasteiger partial charge in [0.25, 0.3) is 0 Å². The zero-order valence-corrected chi connectivity index (χ0v) is 15.3. The molecule has 1 aromatic carbocycles. The number of nitrogen functional groups attached to an aromatic ring is 1. The zero-order valence-electron chi connectivity index (χ0n) is 14.5. The van der Waals surface area contributed by atoms with Crippen LogP contribution in [0.2, 0.25) is 0 Å². The Morgan fingerprint density at radius 1 is 1.31 bits per heavy atom. The minimum atomic E-state index is 0.0342. The number of nitrogens with one attached hydrogen (secondary N) is 1. The van der Waals surface area contributed by atoms with Gasteiger partial charge in [-0.3, -0.25) is 9.89 Å². The van der Waals surface area contributed by atoms with E-state index in [1.165, 1.54) is 0 Å². The van der Waals surface area contributed by atoms with Crippen molar-refractivity contribution in [3.05, 3.63) is 35.5 Å². The molecule has 0 fully saturated rings. The summed E-state index contributed by atoms with van der Waals surface area (Å²) in [6.07, 6.45) is 1.72. The molecule has 0 unspecified atom stereocenters. The van der Waals surface area contributed by atoms with Crippen LogP contribution in [0.4, 0.5) is 5.82 Å². The van der Waals surface area contributed by atoms with Crippen molar-refractivity contribution in [1.82, 2.24) is 25.1 Å². The van der Waals surface area contributed by atoms with Crippen LogP contribution in [0.25, 0.3) is 32.4 Å². The maximum Gasteiger partial charge on any atom is 0.219 e. The minimum absolute atomic E-state index is 0.0342. The van der Waals surface area contributed by atoms with Gasteiger partial charge in [-0.2, -0.15) is 5.10 Å². The number of fused-ring (bicyclic) bond motifs is 3. The lowest BCUT2D eigenvalue weighted by Crippen LogP contribution is -2.27. The predicted molar refractivity (Wildman–Crippen MR) is 104 cm³/mol. The number of thiazole rings is 1. The van der Waals surface area contributed by atoms with Crippen LogP contribution in [-0.4, -0.2) is 37.5 Å². The highest BCUT2D eigenvalue weighted by molar-refractivity contribution is 7.19. The summed E-state index contributed by atoms with van der Waals surface area (Å²) in [5.74, 6) is 0.439. The first-order valence-electron chi connectivity index (χ1n) is 8.30.